The molecule has 0 saturated heterocycles. The lowest BCUT2D eigenvalue weighted by atomic mass is 10.1. The number of nitro benzene ring substituents is 1. The van der Waals surface area contributed by atoms with Crippen LogP contribution in [0.25, 0.3) is 0 Å². The van der Waals surface area contributed by atoms with Gasteiger partial charge in [-0.2, -0.15) is 0 Å². The monoisotopic (exact) mass is 300 g/mol. The van der Waals surface area contributed by atoms with E-state index in [0.29, 0.717) is 12.1 Å². The van der Waals surface area contributed by atoms with E-state index in [2.05, 4.69) is 21.2 Å². The fourth-order valence-electron chi connectivity index (χ4n) is 1.70. The highest BCUT2D eigenvalue weighted by Crippen LogP contribution is 2.35. The third-order valence-electron chi connectivity index (χ3n) is 3.05. The van der Waals surface area contributed by atoms with Gasteiger partial charge in [0, 0.05) is 28.2 Å². The molecule has 0 heterocycles. The van der Waals surface area contributed by atoms with Crippen molar-refractivity contribution in [2.45, 2.75) is 24.9 Å². The molecule has 0 spiro atoms. The molecule has 1 saturated carbocycles. The van der Waals surface area contributed by atoms with Crippen LogP contribution in [0.2, 0.25) is 0 Å². The standard InChI is InChI=1S/C11H13BrN2O3/c12-9-1-2-10(14(16)17)8(5-9)6-13-11(7-15)3-4-11/h1-2,5,13,15H,3-4,6-7H2. The van der Waals surface area contributed by atoms with Gasteiger partial charge in [0.1, 0.15) is 0 Å². The third-order valence-corrected chi connectivity index (χ3v) is 3.54. The van der Waals surface area contributed by atoms with Gasteiger partial charge in [0.25, 0.3) is 5.69 Å². The Kier molecular flexibility index (Phi) is 3.46. The minimum atomic E-state index is -0.387. The summed E-state index contributed by atoms with van der Waals surface area (Å²) in [6, 6.07) is 4.87. The maximum absolute atomic E-state index is 10.9. The molecule has 0 amide bonds. The van der Waals surface area contributed by atoms with Crippen molar-refractivity contribution in [1.29, 1.82) is 0 Å². The Morgan fingerprint density at radius 2 is 2.24 bits per heavy atom. The summed E-state index contributed by atoms with van der Waals surface area (Å²) < 4.78 is 0.814. The van der Waals surface area contributed by atoms with Gasteiger partial charge in [0.05, 0.1) is 11.5 Å². The first-order valence-electron chi connectivity index (χ1n) is 5.35. The Balaban J connectivity index is 2.13. The molecule has 0 radical (unpaired) electrons. The van der Waals surface area contributed by atoms with E-state index in [1.807, 2.05) is 0 Å². The molecule has 2 rings (SSSR count). The quantitative estimate of drug-likeness (QED) is 0.644. The first-order chi connectivity index (χ1) is 8.06. The highest BCUT2D eigenvalue weighted by molar-refractivity contribution is 9.10. The van der Waals surface area contributed by atoms with Crippen molar-refractivity contribution < 1.29 is 10.0 Å². The van der Waals surface area contributed by atoms with Gasteiger partial charge in [0.15, 0.2) is 0 Å². The van der Waals surface area contributed by atoms with Crippen LogP contribution in [-0.2, 0) is 6.54 Å². The smallest absolute Gasteiger partial charge is 0.273 e. The van der Waals surface area contributed by atoms with Crippen LogP contribution < -0.4 is 5.32 Å². The van der Waals surface area contributed by atoms with Gasteiger partial charge in [-0.15, -0.1) is 0 Å². The van der Waals surface area contributed by atoms with Gasteiger partial charge in [-0.25, -0.2) is 0 Å². The zero-order chi connectivity index (χ0) is 12.5. The number of nitrogens with one attached hydrogen (secondary N) is 1. The molecule has 0 aliphatic heterocycles. The summed E-state index contributed by atoms with van der Waals surface area (Å²) in [6.45, 7) is 0.477. The van der Waals surface area contributed by atoms with E-state index < -0.39 is 0 Å². The molecule has 1 aromatic rings. The Bertz CT molecular complexity index is 446. The summed E-state index contributed by atoms with van der Waals surface area (Å²) in [6.07, 6.45) is 1.84. The number of nitro groups is 1. The van der Waals surface area contributed by atoms with Crippen LogP contribution >= 0.6 is 15.9 Å². The SMILES string of the molecule is O=[N+]([O-])c1ccc(Br)cc1CNC1(CO)CC1. The summed E-state index contributed by atoms with van der Waals surface area (Å²) in [7, 11) is 0. The summed E-state index contributed by atoms with van der Waals surface area (Å²) in [5.74, 6) is 0. The Morgan fingerprint density at radius 1 is 1.53 bits per heavy atom. The van der Waals surface area contributed by atoms with E-state index in [0.717, 1.165) is 17.3 Å². The molecular formula is C11H13BrN2O3. The zero-order valence-corrected chi connectivity index (χ0v) is 10.7. The van der Waals surface area contributed by atoms with Gasteiger partial charge in [-0.05, 0) is 25.0 Å². The fraction of sp³-hybridized carbons (Fsp3) is 0.455. The van der Waals surface area contributed by atoms with Gasteiger partial charge >= 0.3 is 0 Å². The van der Waals surface area contributed by atoms with Crippen molar-refractivity contribution in [3.63, 3.8) is 0 Å². The summed E-state index contributed by atoms with van der Waals surface area (Å²) >= 11 is 3.30. The lowest BCUT2D eigenvalue weighted by molar-refractivity contribution is -0.385. The molecule has 1 aliphatic rings. The largest absolute Gasteiger partial charge is 0.394 e. The predicted molar refractivity (Wildman–Crippen MR) is 66.7 cm³/mol. The summed E-state index contributed by atoms with van der Waals surface area (Å²) in [4.78, 5) is 10.5. The van der Waals surface area contributed by atoms with Crippen molar-refractivity contribution in [1.82, 2.24) is 5.32 Å². The van der Waals surface area contributed by atoms with Crippen molar-refractivity contribution >= 4 is 21.6 Å². The van der Waals surface area contributed by atoms with Crippen molar-refractivity contribution in [2.24, 2.45) is 0 Å². The molecule has 92 valence electrons. The molecule has 0 atom stereocenters. The van der Waals surface area contributed by atoms with Gasteiger partial charge in [-0.3, -0.25) is 10.1 Å². The van der Waals surface area contributed by atoms with Crippen LogP contribution in [0.4, 0.5) is 5.69 Å². The average molecular weight is 301 g/mol. The third kappa shape index (κ3) is 2.83. The van der Waals surface area contributed by atoms with Crippen LogP contribution in [0.5, 0.6) is 0 Å². The number of benzene rings is 1. The second kappa shape index (κ2) is 4.72. The van der Waals surface area contributed by atoms with E-state index in [1.165, 1.54) is 6.07 Å². The van der Waals surface area contributed by atoms with E-state index in [4.69, 9.17) is 5.11 Å². The highest BCUT2D eigenvalue weighted by Gasteiger charge is 2.41. The maximum atomic E-state index is 10.9. The van der Waals surface area contributed by atoms with Crippen molar-refractivity contribution in [3.8, 4) is 0 Å². The number of hydrogen-bond acceptors (Lipinski definition) is 4. The van der Waals surface area contributed by atoms with E-state index in [1.54, 1.807) is 12.1 Å². The lowest BCUT2D eigenvalue weighted by Gasteiger charge is -2.14. The highest BCUT2D eigenvalue weighted by atomic mass is 79.9. The maximum Gasteiger partial charge on any atom is 0.273 e. The lowest BCUT2D eigenvalue weighted by Crippen LogP contribution is -2.34. The first kappa shape index (κ1) is 12.5. The van der Waals surface area contributed by atoms with Crippen LogP contribution in [-0.4, -0.2) is 22.2 Å². The summed E-state index contributed by atoms with van der Waals surface area (Å²) in [5, 5.41) is 23.2. The topological polar surface area (TPSA) is 75.4 Å². The summed E-state index contributed by atoms with van der Waals surface area (Å²) in [5.41, 5.74) is 0.523. The van der Waals surface area contributed by atoms with E-state index in [9.17, 15) is 10.1 Å². The van der Waals surface area contributed by atoms with E-state index >= 15 is 0 Å². The number of aliphatic hydroxyl groups is 1. The van der Waals surface area contributed by atoms with Crippen molar-refractivity contribution in [2.75, 3.05) is 6.61 Å². The molecule has 6 heteroatoms. The zero-order valence-electron chi connectivity index (χ0n) is 9.15. The minimum absolute atomic E-state index is 0.0782. The fourth-order valence-corrected chi connectivity index (χ4v) is 2.11. The number of nitrogens with zero attached hydrogens (tertiary/aromatic N) is 1. The molecule has 0 bridgehead atoms. The van der Waals surface area contributed by atoms with Gasteiger partial charge in [0.2, 0.25) is 0 Å². The molecule has 1 fully saturated rings. The normalized spacial score (nSPS) is 16.8. The first-order valence-corrected chi connectivity index (χ1v) is 6.14. The minimum Gasteiger partial charge on any atom is -0.394 e. The Morgan fingerprint density at radius 3 is 2.76 bits per heavy atom. The Labute approximate surface area is 107 Å². The molecule has 17 heavy (non-hydrogen) atoms. The number of aliphatic hydroxyl groups excluding tert-OH is 1. The molecule has 0 aromatic heterocycles. The van der Waals surface area contributed by atoms with E-state index in [-0.39, 0.29) is 22.8 Å². The number of halogens is 1. The molecule has 1 aromatic carbocycles. The average Bonchev–Trinajstić information content (AvgIpc) is 3.07. The number of rotatable bonds is 5. The van der Waals surface area contributed by atoms with Crippen LogP contribution in [0.3, 0.4) is 0 Å². The molecule has 1 aliphatic carbocycles. The van der Waals surface area contributed by atoms with Crippen LogP contribution in [0.1, 0.15) is 18.4 Å². The molecule has 0 unspecified atom stereocenters. The van der Waals surface area contributed by atoms with Gasteiger partial charge in [-0.1, -0.05) is 15.9 Å². The molecule has 5 nitrogen and oxygen atoms in total. The Hall–Kier alpha value is -0.980. The predicted octanol–water partition coefficient (Wildman–Crippen LogP) is 1.97. The van der Waals surface area contributed by atoms with Gasteiger partial charge < -0.3 is 10.4 Å². The number of hydrogen-bond donors (Lipinski definition) is 2. The molecular weight excluding hydrogens is 288 g/mol. The second-order valence-electron chi connectivity index (χ2n) is 4.32. The second-order valence-corrected chi connectivity index (χ2v) is 5.24. The van der Waals surface area contributed by atoms with Crippen LogP contribution in [0, 0.1) is 10.1 Å². The van der Waals surface area contributed by atoms with Crippen molar-refractivity contribution in [3.05, 3.63) is 38.3 Å². The van der Waals surface area contributed by atoms with Crippen LogP contribution in [0.15, 0.2) is 22.7 Å². The molecule has 2 N–H and O–H groups in total.